The number of benzene rings is 3. The Morgan fingerprint density at radius 3 is 2.31 bits per heavy atom. The van der Waals surface area contributed by atoms with E-state index in [0.29, 0.717) is 41.2 Å². The summed E-state index contributed by atoms with van der Waals surface area (Å²) in [5, 5.41) is 0. The van der Waals surface area contributed by atoms with Crippen LogP contribution in [0, 0.1) is 23.4 Å². The average Bonchev–Trinajstić information content (AvgIpc) is 3.72. The maximum atomic E-state index is 14.9. The van der Waals surface area contributed by atoms with Gasteiger partial charge in [0.05, 0.1) is 6.61 Å². The van der Waals surface area contributed by atoms with E-state index in [4.69, 9.17) is 4.74 Å². The maximum absolute atomic E-state index is 14.9. The van der Waals surface area contributed by atoms with E-state index >= 15 is 0 Å². The number of aryl methyl sites for hydroxylation is 2. The van der Waals surface area contributed by atoms with Crippen LogP contribution in [-0.2, 0) is 17.6 Å². The molecule has 1 fully saturated rings. The van der Waals surface area contributed by atoms with Gasteiger partial charge in [-0.1, -0.05) is 68.0 Å². The van der Waals surface area contributed by atoms with Crippen molar-refractivity contribution in [3.63, 3.8) is 0 Å². The van der Waals surface area contributed by atoms with Crippen molar-refractivity contribution in [2.75, 3.05) is 6.61 Å². The van der Waals surface area contributed by atoms with Gasteiger partial charge >= 0.3 is 0 Å². The van der Waals surface area contributed by atoms with Crippen molar-refractivity contribution < 1.29 is 17.9 Å². The van der Waals surface area contributed by atoms with E-state index in [-0.39, 0.29) is 11.9 Å². The van der Waals surface area contributed by atoms with Gasteiger partial charge in [0.25, 0.3) is 0 Å². The van der Waals surface area contributed by atoms with E-state index in [1.807, 2.05) is 36.4 Å². The first kappa shape index (κ1) is 23.9. The molecule has 182 valence electrons. The second-order valence-electron chi connectivity index (χ2n) is 9.82. The molecule has 1 aliphatic heterocycles. The highest BCUT2D eigenvalue weighted by Crippen LogP contribution is 2.36. The van der Waals surface area contributed by atoms with Gasteiger partial charge in [-0.25, -0.2) is 13.2 Å². The number of rotatable bonds is 8. The molecule has 4 heteroatoms. The average molecular weight is 477 g/mol. The van der Waals surface area contributed by atoms with Gasteiger partial charge in [0.2, 0.25) is 0 Å². The highest BCUT2D eigenvalue weighted by molar-refractivity contribution is 5.67. The minimum Gasteiger partial charge on any atom is -0.368 e. The van der Waals surface area contributed by atoms with Crippen molar-refractivity contribution >= 4 is 5.57 Å². The lowest BCUT2D eigenvalue weighted by Crippen LogP contribution is -2.08. The minimum absolute atomic E-state index is 0.0499. The maximum Gasteiger partial charge on any atom is 0.166 e. The summed E-state index contributed by atoms with van der Waals surface area (Å²) in [5.74, 6) is -1.32. The topological polar surface area (TPSA) is 12.5 Å². The standard InChI is InChI=1S/C31H31F3O/c1-2-3-20-4-11-23(12-5-20)27-17-14-24(30(33)31(27)34)13-8-21-6-9-22(10-7-21)26-16-15-25(18-28(26)32)29-19-35-29/h4-5,9,11-12,14-18,21,29H,2-3,6-8,10,13,19H2,1H3. The fourth-order valence-corrected chi connectivity index (χ4v) is 5.13. The van der Waals surface area contributed by atoms with Crippen molar-refractivity contribution in [1.29, 1.82) is 0 Å². The SMILES string of the molecule is CCCc1ccc(-c2ccc(CCC3CC=C(c4ccc(C5CO5)cc4F)CC3)c(F)c2F)cc1. The molecule has 2 unspecified atom stereocenters. The van der Waals surface area contributed by atoms with E-state index in [2.05, 4.69) is 13.0 Å². The lowest BCUT2D eigenvalue weighted by Gasteiger charge is -2.23. The predicted octanol–water partition coefficient (Wildman–Crippen LogP) is 8.61. The molecule has 1 saturated heterocycles. The number of ether oxygens (including phenoxy) is 1. The Bertz CT molecular complexity index is 1220. The number of allylic oxidation sites excluding steroid dienone is 2. The molecule has 1 heterocycles. The fourth-order valence-electron chi connectivity index (χ4n) is 5.13. The molecule has 0 saturated carbocycles. The first-order valence-electron chi connectivity index (χ1n) is 12.7. The third-order valence-electron chi connectivity index (χ3n) is 7.35. The Labute approximate surface area is 205 Å². The molecule has 1 aliphatic carbocycles. The third kappa shape index (κ3) is 5.38. The second-order valence-corrected chi connectivity index (χ2v) is 9.82. The summed E-state index contributed by atoms with van der Waals surface area (Å²) in [6.07, 6.45) is 8.02. The van der Waals surface area contributed by atoms with Gasteiger partial charge in [0, 0.05) is 11.1 Å². The van der Waals surface area contributed by atoms with E-state index in [9.17, 15) is 13.2 Å². The lowest BCUT2D eigenvalue weighted by molar-refractivity contribution is 0.414. The molecule has 0 N–H and O–H groups in total. The van der Waals surface area contributed by atoms with Crippen LogP contribution in [0.3, 0.4) is 0 Å². The van der Waals surface area contributed by atoms with Crippen molar-refractivity contribution in [2.45, 2.75) is 58.0 Å². The van der Waals surface area contributed by atoms with E-state index in [0.717, 1.165) is 49.7 Å². The number of epoxide rings is 1. The van der Waals surface area contributed by atoms with E-state index in [1.54, 1.807) is 18.2 Å². The normalized spacial score (nSPS) is 19.5. The van der Waals surface area contributed by atoms with Crippen LogP contribution in [0.1, 0.15) is 67.4 Å². The summed E-state index contributed by atoms with van der Waals surface area (Å²) in [4.78, 5) is 0. The molecular weight excluding hydrogens is 445 g/mol. The van der Waals surface area contributed by atoms with Crippen LogP contribution in [0.15, 0.2) is 60.7 Å². The van der Waals surface area contributed by atoms with Gasteiger partial charge in [-0.15, -0.1) is 0 Å². The van der Waals surface area contributed by atoms with Crippen LogP contribution < -0.4 is 0 Å². The summed E-state index contributed by atoms with van der Waals surface area (Å²) in [7, 11) is 0. The molecule has 2 atom stereocenters. The Balaban J connectivity index is 1.21. The van der Waals surface area contributed by atoms with Gasteiger partial charge in [-0.05, 0) is 78.3 Å². The zero-order chi connectivity index (χ0) is 24.4. The number of halogens is 3. The highest BCUT2D eigenvalue weighted by Gasteiger charge is 2.26. The predicted molar refractivity (Wildman–Crippen MR) is 135 cm³/mol. The van der Waals surface area contributed by atoms with Crippen LogP contribution in [0.25, 0.3) is 16.7 Å². The van der Waals surface area contributed by atoms with Gasteiger partial charge in [0.15, 0.2) is 11.6 Å². The summed E-state index contributed by atoms with van der Waals surface area (Å²) in [5.41, 5.74) is 5.23. The van der Waals surface area contributed by atoms with Crippen molar-refractivity contribution in [3.05, 3.63) is 100 Å². The molecular formula is C31H31F3O. The van der Waals surface area contributed by atoms with E-state index in [1.165, 1.54) is 5.56 Å². The van der Waals surface area contributed by atoms with Crippen LogP contribution in [0.5, 0.6) is 0 Å². The summed E-state index contributed by atoms with van der Waals surface area (Å²) >= 11 is 0. The monoisotopic (exact) mass is 476 g/mol. The van der Waals surface area contributed by atoms with E-state index < -0.39 is 11.6 Å². The van der Waals surface area contributed by atoms with Crippen LogP contribution in [0.4, 0.5) is 13.2 Å². The zero-order valence-electron chi connectivity index (χ0n) is 20.1. The Kier molecular flexibility index (Phi) is 7.10. The van der Waals surface area contributed by atoms with Crippen LogP contribution >= 0.6 is 0 Å². The highest BCUT2D eigenvalue weighted by atomic mass is 19.2. The fraction of sp³-hybridized carbons (Fsp3) is 0.355. The zero-order valence-corrected chi connectivity index (χ0v) is 20.1. The Morgan fingerprint density at radius 1 is 0.886 bits per heavy atom. The number of hydrogen-bond donors (Lipinski definition) is 0. The van der Waals surface area contributed by atoms with Crippen molar-refractivity contribution in [1.82, 2.24) is 0 Å². The molecule has 3 aromatic carbocycles. The molecule has 1 nitrogen and oxygen atoms in total. The van der Waals surface area contributed by atoms with Crippen molar-refractivity contribution in [3.8, 4) is 11.1 Å². The summed E-state index contributed by atoms with van der Waals surface area (Å²) in [6, 6.07) is 16.5. The molecule has 0 bridgehead atoms. The summed E-state index contributed by atoms with van der Waals surface area (Å²) < 4.78 is 49.6. The summed E-state index contributed by atoms with van der Waals surface area (Å²) in [6.45, 7) is 2.79. The first-order chi connectivity index (χ1) is 17.0. The van der Waals surface area contributed by atoms with Gasteiger partial charge in [-0.3, -0.25) is 0 Å². The second kappa shape index (κ2) is 10.4. The molecule has 0 amide bonds. The largest absolute Gasteiger partial charge is 0.368 e. The van der Waals surface area contributed by atoms with Crippen LogP contribution in [0.2, 0.25) is 0 Å². The molecule has 0 aromatic heterocycles. The first-order valence-corrected chi connectivity index (χ1v) is 12.7. The van der Waals surface area contributed by atoms with Gasteiger partial charge in [0.1, 0.15) is 11.9 Å². The molecule has 35 heavy (non-hydrogen) atoms. The quantitative estimate of drug-likeness (QED) is 0.297. The Hall–Kier alpha value is -2.85. The van der Waals surface area contributed by atoms with Gasteiger partial charge < -0.3 is 4.74 Å². The van der Waals surface area contributed by atoms with Crippen molar-refractivity contribution in [2.24, 2.45) is 5.92 Å². The third-order valence-corrected chi connectivity index (χ3v) is 7.35. The number of hydrogen-bond acceptors (Lipinski definition) is 1. The lowest BCUT2D eigenvalue weighted by atomic mass is 9.83. The minimum atomic E-state index is -0.771. The van der Waals surface area contributed by atoms with Gasteiger partial charge in [-0.2, -0.15) is 0 Å². The molecule has 0 radical (unpaired) electrons. The van der Waals surface area contributed by atoms with Crippen LogP contribution in [-0.4, -0.2) is 6.61 Å². The molecule has 0 spiro atoms. The molecule has 5 rings (SSSR count). The molecule has 2 aliphatic rings. The smallest absolute Gasteiger partial charge is 0.166 e. The molecule has 3 aromatic rings. The Morgan fingerprint density at radius 2 is 1.66 bits per heavy atom.